The van der Waals surface area contributed by atoms with Gasteiger partial charge in [0.2, 0.25) is 0 Å². The molecule has 1 saturated heterocycles. The van der Waals surface area contributed by atoms with E-state index in [2.05, 4.69) is 5.32 Å². The van der Waals surface area contributed by atoms with Gasteiger partial charge in [-0.2, -0.15) is 0 Å². The number of ether oxygens (including phenoxy) is 2. The quantitative estimate of drug-likeness (QED) is 0.875. The molecule has 5 nitrogen and oxygen atoms in total. The van der Waals surface area contributed by atoms with E-state index in [0.717, 1.165) is 44.0 Å². The summed E-state index contributed by atoms with van der Waals surface area (Å²) >= 11 is 0. The largest absolute Gasteiger partial charge is 0.493 e. The summed E-state index contributed by atoms with van der Waals surface area (Å²) < 4.78 is 10.6. The van der Waals surface area contributed by atoms with Crippen molar-refractivity contribution in [2.45, 2.75) is 26.2 Å². The van der Waals surface area contributed by atoms with Crippen molar-refractivity contribution in [3.05, 3.63) is 23.3 Å². The van der Waals surface area contributed by atoms with Gasteiger partial charge in [0.05, 0.1) is 14.2 Å². The summed E-state index contributed by atoms with van der Waals surface area (Å²) in [6, 6.07) is 3.66. The zero-order valence-electron chi connectivity index (χ0n) is 14.6. The maximum Gasteiger partial charge on any atom is 0.254 e. The second-order valence-corrected chi connectivity index (χ2v) is 6.15. The molecular weight excluding hydrogens is 292 g/mol. The molecule has 0 saturated carbocycles. The molecule has 23 heavy (non-hydrogen) atoms. The smallest absolute Gasteiger partial charge is 0.254 e. The molecule has 0 atom stereocenters. The number of carbonyl (C=O) groups excluding carboxylic acids is 1. The molecule has 2 rings (SSSR count). The molecule has 1 heterocycles. The Morgan fingerprint density at radius 3 is 2.39 bits per heavy atom. The lowest BCUT2D eigenvalue weighted by Crippen LogP contribution is -2.39. The molecule has 128 valence electrons. The number of rotatable bonds is 6. The van der Waals surface area contributed by atoms with Gasteiger partial charge in [-0.1, -0.05) is 0 Å². The Balaban J connectivity index is 2.06. The van der Waals surface area contributed by atoms with E-state index >= 15 is 0 Å². The third kappa shape index (κ3) is 4.16. The fraction of sp³-hybridized carbons (Fsp3) is 0.611. The highest BCUT2D eigenvalue weighted by molar-refractivity contribution is 5.96. The lowest BCUT2D eigenvalue weighted by molar-refractivity contribution is 0.0686. The highest BCUT2D eigenvalue weighted by atomic mass is 16.5. The molecule has 1 aromatic carbocycles. The van der Waals surface area contributed by atoms with Crippen LogP contribution in [0.5, 0.6) is 11.5 Å². The Morgan fingerprint density at radius 1 is 1.22 bits per heavy atom. The number of hydrogen-bond donors (Lipinski definition) is 1. The van der Waals surface area contributed by atoms with Crippen molar-refractivity contribution in [1.82, 2.24) is 10.2 Å². The predicted octanol–water partition coefficient (Wildman–Crippen LogP) is 2.47. The Morgan fingerprint density at radius 2 is 1.83 bits per heavy atom. The monoisotopic (exact) mass is 320 g/mol. The fourth-order valence-corrected chi connectivity index (χ4v) is 3.15. The van der Waals surface area contributed by atoms with Gasteiger partial charge in [0.25, 0.3) is 5.91 Å². The first-order valence-corrected chi connectivity index (χ1v) is 8.27. The minimum atomic E-state index is 0.0931. The SMILES string of the molecule is CNCCC1CCN(C(=O)c2cc(OC)c(OC)cc2C)CC1. The van der Waals surface area contributed by atoms with E-state index in [1.807, 2.05) is 24.9 Å². The van der Waals surface area contributed by atoms with Crippen LogP contribution in [0.25, 0.3) is 0 Å². The van der Waals surface area contributed by atoms with Gasteiger partial charge in [0, 0.05) is 18.7 Å². The number of likely N-dealkylation sites (tertiary alicyclic amines) is 1. The molecule has 0 bridgehead atoms. The van der Waals surface area contributed by atoms with Crippen LogP contribution >= 0.6 is 0 Å². The molecule has 0 aromatic heterocycles. The molecule has 1 aromatic rings. The van der Waals surface area contributed by atoms with Crippen LogP contribution in [0.1, 0.15) is 35.2 Å². The summed E-state index contributed by atoms with van der Waals surface area (Å²) in [7, 11) is 5.18. The highest BCUT2D eigenvalue weighted by Crippen LogP contribution is 2.31. The van der Waals surface area contributed by atoms with E-state index in [0.29, 0.717) is 17.1 Å². The van der Waals surface area contributed by atoms with E-state index < -0.39 is 0 Å². The normalized spacial score (nSPS) is 15.6. The van der Waals surface area contributed by atoms with E-state index in [1.165, 1.54) is 6.42 Å². The fourth-order valence-electron chi connectivity index (χ4n) is 3.15. The molecule has 1 N–H and O–H groups in total. The van der Waals surface area contributed by atoms with Crippen molar-refractivity contribution in [2.75, 3.05) is 40.9 Å². The lowest BCUT2D eigenvalue weighted by atomic mass is 9.93. The van der Waals surface area contributed by atoms with E-state index in [9.17, 15) is 4.79 Å². The molecule has 1 aliphatic heterocycles. The van der Waals surface area contributed by atoms with Gasteiger partial charge in [0.1, 0.15) is 0 Å². The Kier molecular flexibility index (Phi) is 6.28. The van der Waals surface area contributed by atoms with Crippen molar-refractivity contribution < 1.29 is 14.3 Å². The number of aryl methyl sites for hydroxylation is 1. The summed E-state index contributed by atoms with van der Waals surface area (Å²) in [5.74, 6) is 2.08. The van der Waals surface area contributed by atoms with Crippen molar-refractivity contribution in [2.24, 2.45) is 5.92 Å². The lowest BCUT2D eigenvalue weighted by Gasteiger charge is -2.32. The minimum Gasteiger partial charge on any atom is -0.493 e. The molecular formula is C18H28N2O3. The number of piperidine rings is 1. The summed E-state index contributed by atoms with van der Waals surface area (Å²) in [5, 5.41) is 3.20. The number of nitrogens with one attached hydrogen (secondary N) is 1. The first-order chi connectivity index (χ1) is 11.1. The number of benzene rings is 1. The molecule has 1 amide bonds. The summed E-state index contributed by atoms with van der Waals surface area (Å²) in [5.41, 5.74) is 1.63. The summed E-state index contributed by atoms with van der Waals surface area (Å²) in [6.45, 7) is 4.66. The Hall–Kier alpha value is -1.75. The van der Waals surface area contributed by atoms with Gasteiger partial charge in [-0.05, 0) is 63.4 Å². The van der Waals surface area contributed by atoms with Gasteiger partial charge in [0.15, 0.2) is 11.5 Å². The van der Waals surface area contributed by atoms with Crippen LogP contribution in [0.2, 0.25) is 0 Å². The van der Waals surface area contributed by atoms with Crippen LogP contribution in [-0.2, 0) is 0 Å². The average Bonchev–Trinajstić information content (AvgIpc) is 2.59. The first kappa shape index (κ1) is 17.6. The van der Waals surface area contributed by atoms with E-state index in [-0.39, 0.29) is 5.91 Å². The standard InChI is InChI=1S/C18H28N2O3/c1-13-11-16(22-3)17(23-4)12-15(13)18(21)20-9-6-14(7-10-20)5-8-19-2/h11-12,14,19H,5-10H2,1-4H3. The molecule has 0 radical (unpaired) electrons. The van der Waals surface area contributed by atoms with Crippen LogP contribution in [0.15, 0.2) is 12.1 Å². The third-order valence-electron chi connectivity index (χ3n) is 4.67. The van der Waals surface area contributed by atoms with Crippen LogP contribution in [0, 0.1) is 12.8 Å². The van der Waals surface area contributed by atoms with Crippen LogP contribution in [0.3, 0.4) is 0 Å². The zero-order valence-corrected chi connectivity index (χ0v) is 14.6. The number of methoxy groups -OCH3 is 2. The highest BCUT2D eigenvalue weighted by Gasteiger charge is 2.25. The van der Waals surface area contributed by atoms with Crippen molar-refractivity contribution in [3.8, 4) is 11.5 Å². The number of amides is 1. The maximum atomic E-state index is 12.8. The second-order valence-electron chi connectivity index (χ2n) is 6.15. The molecule has 5 heteroatoms. The van der Waals surface area contributed by atoms with Crippen LogP contribution < -0.4 is 14.8 Å². The number of nitrogens with zero attached hydrogens (tertiary/aromatic N) is 1. The van der Waals surface area contributed by atoms with Gasteiger partial charge in [-0.15, -0.1) is 0 Å². The summed E-state index contributed by atoms with van der Waals surface area (Å²) in [6.07, 6.45) is 3.35. The molecule has 1 fully saturated rings. The van der Waals surface area contributed by atoms with Gasteiger partial charge < -0.3 is 19.7 Å². The third-order valence-corrected chi connectivity index (χ3v) is 4.67. The van der Waals surface area contributed by atoms with Crippen molar-refractivity contribution in [1.29, 1.82) is 0 Å². The van der Waals surface area contributed by atoms with Crippen molar-refractivity contribution >= 4 is 5.91 Å². The molecule has 1 aliphatic rings. The zero-order chi connectivity index (χ0) is 16.8. The van der Waals surface area contributed by atoms with Gasteiger partial charge >= 0.3 is 0 Å². The Bertz CT molecular complexity index is 537. The van der Waals surface area contributed by atoms with E-state index in [4.69, 9.17) is 9.47 Å². The topological polar surface area (TPSA) is 50.8 Å². The van der Waals surface area contributed by atoms with Crippen LogP contribution in [0.4, 0.5) is 0 Å². The van der Waals surface area contributed by atoms with Gasteiger partial charge in [-0.3, -0.25) is 4.79 Å². The van der Waals surface area contributed by atoms with Gasteiger partial charge in [-0.25, -0.2) is 0 Å². The molecule has 0 spiro atoms. The number of carbonyl (C=O) groups is 1. The average molecular weight is 320 g/mol. The predicted molar refractivity (Wildman–Crippen MR) is 91.5 cm³/mol. The molecule has 0 unspecified atom stereocenters. The minimum absolute atomic E-state index is 0.0931. The van der Waals surface area contributed by atoms with Crippen molar-refractivity contribution in [3.63, 3.8) is 0 Å². The second kappa shape index (κ2) is 8.20. The molecule has 0 aliphatic carbocycles. The van der Waals surface area contributed by atoms with E-state index in [1.54, 1.807) is 20.3 Å². The maximum absolute atomic E-state index is 12.8. The Labute approximate surface area is 139 Å². The number of hydrogen-bond acceptors (Lipinski definition) is 4. The first-order valence-electron chi connectivity index (χ1n) is 8.27. The summed E-state index contributed by atoms with van der Waals surface area (Å²) in [4.78, 5) is 14.8. The van der Waals surface area contributed by atoms with Crippen LogP contribution in [-0.4, -0.2) is 51.7 Å².